The Morgan fingerprint density at radius 2 is 1.82 bits per heavy atom. The molecule has 2 aromatic carbocycles. The molecule has 0 radical (unpaired) electrons. The molecule has 6 rings (SSSR count). The van der Waals surface area contributed by atoms with Gasteiger partial charge in [0.15, 0.2) is 0 Å². The highest BCUT2D eigenvalue weighted by Gasteiger charge is 2.31. The third-order valence-corrected chi connectivity index (χ3v) is 8.91. The van der Waals surface area contributed by atoms with Crippen LogP contribution >= 0.6 is 0 Å². The summed E-state index contributed by atoms with van der Waals surface area (Å²) in [7, 11) is 1.74. The number of ether oxygens (including phenoxy) is 3. The first-order valence-electron chi connectivity index (χ1n) is 16.1. The Bertz CT molecular complexity index is 1500. The molecule has 0 spiro atoms. The molecule has 0 saturated carbocycles. The van der Waals surface area contributed by atoms with Gasteiger partial charge in [-0.1, -0.05) is 24.3 Å². The van der Waals surface area contributed by atoms with E-state index >= 15 is 0 Å². The molecule has 1 amide bonds. The van der Waals surface area contributed by atoms with Gasteiger partial charge >= 0.3 is 12.1 Å². The fourth-order valence-electron chi connectivity index (χ4n) is 6.64. The maximum atomic E-state index is 12.7. The van der Waals surface area contributed by atoms with Gasteiger partial charge in [-0.2, -0.15) is 9.97 Å². The topological polar surface area (TPSA) is 104 Å². The lowest BCUT2D eigenvalue weighted by atomic mass is 10.0. The van der Waals surface area contributed by atoms with E-state index in [0.29, 0.717) is 58.0 Å². The van der Waals surface area contributed by atoms with E-state index in [1.165, 1.54) is 0 Å². The third-order valence-electron chi connectivity index (χ3n) is 8.91. The Kier molecular flexibility index (Phi) is 9.18. The standard InChI is InChI=1S/C34H46N6O5/c1-34(2,3)45-33(42)39-16-14-38(15-17-39)31-28-11-13-40(30-21-26(41)20-24-8-5-6-10-27(24)30)22-29(28)35-32(36-31)44-23-25-9-7-12-37(25)18-19-43-4/h5-6,8,10,20-21,25,41H,7,9,11-19,22-23H2,1-4H3/t25-/m0/s1. The fourth-order valence-corrected chi connectivity index (χ4v) is 6.64. The highest BCUT2D eigenvalue weighted by Crippen LogP contribution is 2.36. The number of methoxy groups -OCH3 is 1. The molecule has 0 bridgehead atoms. The Hall–Kier alpha value is -3.83. The number of benzene rings is 2. The number of nitrogens with zero attached hydrogens (tertiary/aromatic N) is 6. The molecule has 0 aliphatic carbocycles. The maximum Gasteiger partial charge on any atom is 0.410 e. The predicted octanol–water partition coefficient (Wildman–Crippen LogP) is 4.44. The zero-order valence-corrected chi connectivity index (χ0v) is 27.0. The van der Waals surface area contributed by atoms with Gasteiger partial charge in [0.05, 0.1) is 18.8 Å². The van der Waals surface area contributed by atoms with Gasteiger partial charge in [-0.25, -0.2) is 4.79 Å². The molecule has 11 nitrogen and oxygen atoms in total. The summed E-state index contributed by atoms with van der Waals surface area (Å²) in [5, 5.41) is 12.6. The smallest absolute Gasteiger partial charge is 0.410 e. The number of hydrogen-bond donors (Lipinski definition) is 1. The number of aromatic nitrogens is 2. The molecule has 1 aromatic heterocycles. The second kappa shape index (κ2) is 13.3. The monoisotopic (exact) mass is 618 g/mol. The van der Waals surface area contributed by atoms with E-state index in [1.54, 1.807) is 18.1 Å². The lowest BCUT2D eigenvalue weighted by Crippen LogP contribution is -2.50. The Morgan fingerprint density at radius 1 is 1.02 bits per heavy atom. The molecule has 4 heterocycles. The van der Waals surface area contributed by atoms with E-state index in [2.05, 4.69) is 20.8 Å². The van der Waals surface area contributed by atoms with Crippen LogP contribution in [0.15, 0.2) is 36.4 Å². The number of amides is 1. The van der Waals surface area contributed by atoms with E-state index in [4.69, 9.17) is 24.2 Å². The predicted molar refractivity (Wildman–Crippen MR) is 174 cm³/mol. The van der Waals surface area contributed by atoms with Gasteiger partial charge in [0, 0.05) is 75.1 Å². The minimum atomic E-state index is -0.530. The molecule has 45 heavy (non-hydrogen) atoms. The first-order valence-corrected chi connectivity index (χ1v) is 16.1. The molecule has 0 unspecified atom stereocenters. The van der Waals surface area contributed by atoms with Crippen LogP contribution in [0.1, 0.15) is 44.9 Å². The average molecular weight is 619 g/mol. The van der Waals surface area contributed by atoms with Crippen LogP contribution in [0.5, 0.6) is 11.8 Å². The number of carbonyl (C=O) groups excluding carboxylic acids is 1. The van der Waals surface area contributed by atoms with Crippen LogP contribution in [0.4, 0.5) is 16.3 Å². The number of likely N-dealkylation sites (tertiary alicyclic amines) is 1. The number of fused-ring (bicyclic) bond motifs is 2. The van der Waals surface area contributed by atoms with Crippen molar-refractivity contribution in [3.8, 4) is 11.8 Å². The van der Waals surface area contributed by atoms with Crippen molar-refractivity contribution in [1.82, 2.24) is 19.8 Å². The van der Waals surface area contributed by atoms with Crippen molar-refractivity contribution in [1.29, 1.82) is 0 Å². The van der Waals surface area contributed by atoms with Gasteiger partial charge in [-0.05, 0) is 58.0 Å². The lowest BCUT2D eigenvalue weighted by molar-refractivity contribution is 0.0240. The molecular formula is C34H46N6O5. The van der Waals surface area contributed by atoms with E-state index in [1.807, 2.05) is 45.0 Å². The van der Waals surface area contributed by atoms with Gasteiger partial charge < -0.3 is 34.0 Å². The average Bonchev–Trinajstić information content (AvgIpc) is 3.48. The number of anilines is 2. The van der Waals surface area contributed by atoms with Crippen molar-refractivity contribution in [3.05, 3.63) is 47.7 Å². The zero-order valence-electron chi connectivity index (χ0n) is 27.0. The van der Waals surface area contributed by atoms with E-state index in [-0.39, 0.29) is 11.8 Å². The number of phenols is 1. The van der Waals surface area contributed by atoms with Gasteiger partial charge in [0.2, 0.25) is 0 Å². The maximum absolute atomic E-state index is 12.7. The number of piperazine rings is 1. The highest BCUT2D eigenvalue weighted by molar-refractivity contribution is 5.95. The summed E-state index contributed by atoms with van der Waals surface area (Å²) < 4.78 is 17.3. The summed E-state index contributed by atoms with van der Waals surface area (Å²) in [4.78, 5) is 31.5. The van der Waals surface area contributed by atoms with Crippen LogP contribution in [0.2, 0.25) is 0 Å². The van der Waals surface area contributed by atoms with Gasteiger partial charge in [-0.15, -0.1) is 0 Å². The molecular weight excluding hydrogens is 572 g/mol. The Labute approximate surface area is 265 Å². The molecule has 11 heteroatoms. The molecule has 3 aromatic rings. The summed E-state index contributed by atoms with van der Waals surface area (Å²) in [5.74, 6) is 1.14. The fraction of sp³-hybridized carbons (Fsp3) is 0.559. The van der Waals surface area contributed by atoms with E-state index in [0.717, 1.165) is 72.4 Å². The minimum Gasteiger partial charge on any atom is -0.508 e. The SMILES string of the molecule is COCCN1CCC[C@H]1COc1nc2c(c(N3CCN(C(=O)OC(C)(C)C)CC3)n1)CCN(c1cc(O)cc3ccccc13)C2. The summed E-state index contributed by atoms with van der Waals surface area (Å²) in [6.45, 7) is 12.6. The molecule has 3 aliphatic heterocycles. The van der Waals surface area contributed by atoms with Crippen molar-refractivity contribution >= 4 is 28.4 Å². The van der Waals surface area contributed by atoms with Crippen LogP contribution in [-0.2, 0) is 22.4 Å². The number of rotatable bonds is 8. The number of carbonyl (C=O) groups is 1. The molecule has 1 N–H and O–H groups in total. The zero-order chi connectivity index (χ0) is 31.6. The van der Waals surface area contributed by atoms with E-state index in [9.17, 15) is 9.90 Å². The second-order valence-corrected chi connectivity index (χ2v) is 13.2. The van der Waals surface area contributed by atoms with Gasteiger partial charge in [-0.3, -0.25) is 4.90 Å². The number of aromatic hydroxyl groups is 1. The van der Waals surface area contributed by atoms with Crippen LogP contribution in [0.25, 0.3) is 10.8 Å². The largest absolute Gasteiger partial charge is 0.508 e. The lowest BCUT2D eigenvalue weighted by Gasteiger charge is -2.38. The summed E-state index contributed by atoms with van der Waals surface area (Å²) in [6.07, 6.45) is 2.70. The minimum absolute atomic E-state index is 0.249. The summed E-state index contributed by atoms with van der Waals surface area (Å²) in [5.41, 5.74) is 2.52. The van der Waals surface area contributed by atoms with Crippen molar-refractivity contribution in [2.24, 2.45) is 0 Å². The second-order valence-electron chi connectivity index (χ2n) is 13.2. The molecule has 1 atom stereocenters. The Balaban J connectivity index is 1.26. The van der Waals surface area contributed by atoms with Crippen LogP contribution in [-0.4, -0.2) is 109 Å². The molecule has 3 aliphatic rings. The van der Waals surface area contributed by atoms with Crippen molar-refractivity contribution in [3.63, 3.8) is 0 Å². The first-order chi connectivity index (χ1) is 21.7. The number of phenolic OH excluding ortho intramolecular Hbond substituents is 1. The summed E-state index contributed by atoms with van der Waals surface area (Å²) >= 11 is 0. The summed E-state index contributed by atoms with van der Waals surface area (Å²) in [6, 6.07) is 12.5. The van der Waals surface area contributed by atoms with Gasteiger partial charge in [0.1, 0.15) is 23.8 Å². The molecule has 242 valence electrons. The highest BCUT2D eigenvalue weighted by atomic mass is 16.6. The molecule has 2 saturated heterocycles. The van der Waals surface area contributed by atoms with Crippen LogP contribution in [0.3, 0.4) is 0 Å². The molecule has 2 fully saturated rings. The number of hydrogen-bond acceptors (Lipinski definition) is 10. The van der Waals surface area contributed by atoms with Crippen molar-refractivity contribution < 1.29 is 24.1 Å². The van der Waals surface area contributed by atoms with Crippen molar-refractivity contribution in [2.75, 3.05) is 75.9 Å². The van der Waals surface area contributed by atoms with Crippen molar-refractivity contribution in [2.45, 2.75) is 58.2 Å². The third kappa shape index (κ3) is 7.20. The normalized spacial score (nSPS) is 19.2. The van der Waals surface area contributed by atoms with Crippen LogP contribution in [0, 0.1) is 0 Å². The van der Waals surface area contributed by atoms with E-state index < -0.39 is 5.60 Å². The first kappa shape index (κ1) is 31.2. The van der Waals surface area contributed by atoms with Crippen LogP contribution < -0.4 is 14.5 Å². The Morgan fingerprint density at radius 3 is 2.60 bits per heavy atom. The quantitative estimate of drug-likeness (QED) is 0.390. The van der Waals surface area contributed by atoms with Gasteiger partial charge in [0.25, 0.3) is 0 Å².